The van der Waals surface area contributed by atoms with E-state index in [0.717, 1.165) is 37.2 Å². The molecule has 1 fully saturated rings. The van der Waals surface area contributed by atoms with Crippen molar-refractivity contribution in [3.63, 3.8) is 0 Å². The van der Waals surface area contributed by atoms with Crippen molar-refractivity contribution in [2.75, 3.05) is 0 Å². The van der Waals surface area contributed by atoms with Gasteiger partial charge in [-0.25, -0.2) is 0 Å². The van der Waals surface area contributed by atoms with Gasteiger partial charge in [-0.2, -0.15) is 0 Å². The highest BCUT2D eigenvalue weighted by Gasteiger charge is 2.30. The fourth-order valence-electron chi connectivity index (χ4n) is 2.64. The zero-order valence-corrected chi connectivity index (χ0v) is 10.1. The maximum atomic E-state index is 11.9. The van der Waals surface area contributed by atoms with E-state index >= 15 is 0 Å². The molecule has 0 bridgehead atoms. The first kappa shape index (κ1) is 11.4. The summed E-state index contributed by atoms with van der Waals surface area (Å²) in [6.07, 6.45) is 7.21. The normalized spacial score (nSPS) is 26.3. The molecule has 88 valence electrons. The molecular weight excluding hydrogens is 200 g/mol. The van der Waals surface area contributed by atoms with Crippen molar-refractivity contribution in [1.82, 2.24) is 0 Å². The lowest BCUT2D eigenvalue weighted by atomic mass is 9.74. The van der Waals surface area contributed by atoms with E-state index in [2.05, 4.69) is 13.8 Å². The quantitative estimate of drug-likeness (QED) is 0.780. The summed E-state index contributed by atoms with van der Waals surface area (Å²) < 4.78 is 5.05. The Kier molecular flexibility index (Phi) is 3.47. The summed E-state index contributed by atoms with van der Waals surface area (Å²) in [7, 11) is 0. The van der Waals surface area contributed by atoms with Gasteiger partial charge in [0.15, 0.2) is 0 Å². The van der Waals surface area contributed by atoms with E-state index in [1.54, 1.807) is 12.5 Å². The van der Waals surface area contributed by atoms with Crippen molar-refractivity contribution in [1.29, 1.82) is 0 Å². The van der Waals surface area contributed by atoms with E-state index < -0.39 is 0 Å². The highest BCUT2D eigenvalue weighted by Crippen LogP contribution is 2.33. The molecule has 2 rings (SSSR count). The standard InChI is InChI=1S/C14H20O2/c1-10(2)12-3-4-14(15)13(8-12)7-11-5-6-16-9-11/h5-6,9-10,12-13H,3-4,7-8H2,1-2H3. The van der Waals surface area contributed by atoms with Crippen LogP contribution in [0, 0.1) is 17.8 Å². The largest absolute Gasteiger partial charge is 0.472 e. The SMILES string of the molecule is CC(C)C1CCC(=O)C(Cc2ccoc2)C1. The lowest BCUT2D eigenvalue weighted by molar-refractivity contribution is -0.125. The molecule has 0 aliphatic heterocycles. The topological polar surface area (TPSA) is 30.2 Å². The number of hydrogen-bond acceptors (Lipinski definition) is 2. The molecule has 2 unspecified atom stereocenters. The number of hydrogen-bond donors (Lipinski definition) is 0. The van der Waals surface area contributed by atoms with Crippen molar-refractivity contribution in [2.24, 2.45) is 17.8 Å². The third-order valence-corrected chi connectivity index (χ3v) is 3.81. The molecule has 0 amide bonds. The van der Waals surface area contributed by atoms with Gasteiger partial charge in [-0.1, -0.05) is 13.8 Å². The van der Waals surface area contributed by atoms with Crippen molar-refractivity contribution < 1.29 is 9.21 Å². The molecule has 1 aliphatic rings. The van der Waals surface area contributed by atoms with E-state index in [-0.39, 0.29) is 5.92 Å². The van der Waals surface area contributed by atoms with Gasteiger partial charge in [0.25, 0.3) is 0 Å². The average molecular weight is 220 g/mol. The molecule has 1 aromatic heterocycles. The first-order valence-corrected chi connectivity index (χ1v) is 6.20. The molecule has 1 aliphatic carbocycles. The molecule has 0 saturated heterocycles. The lowest BCUT2D eigenvalue weighted by Gasteiger charge is -2.30. The van der Waals surface area contributed by atoms with Crippen LogP contribution in [-0.4, -0.2) is 5.78 Å². The van der Waals surface area contributed by atoms with Crippen LogP contribution in [0.1, 0.15) is 38.7 Å². The van der Waals surface area contributed by atoms with Crippen LogP contribution in [0.2, 0.25) is 0 Å². The van der Waals surface area contributed by atoms with Gasteiger partial charge in [-0.05, 0) is 42.7 Å². The molecule has 1 aromatic rings. The number of furan rings is 1. The van der Waals surface area contributed by atoms with Crippen LogP contribution < -0.4 is 0 Å². The summed E-state index contributed by atoms with van der Waals surface area (Å²) in [5.41, 5.74) is 1.16. The predicted octanol–water partition coefficient (Wildman–Crippen LogP) is 3.46. The summed E-state index contributed by atoms with van der Waals surface area (Å²) >= 11 is 0. The second kappa shape index (κ2) is 4.86. The van der Waals surface area contributed by atoms with Crippen LogP contribution in [0.25, 0.3) is 0 Å². The maximum absolute atomic E-state index is 11.9. The van der Waals surface area contributed by atoms with Crippen LogP contribution in [0.5, 0.6) is 0 Å². The Labute approximate surface area is 97.0 Å². The first-order valence-electron chi connectivity index (χ1n) is 6.20. The third-order valence-electron chi connectivity index (χ3n) is 3.81. The number of carbonyl (C=O) groups excluding carboxylic acids is 1. The van der Waals surface area contributed by atoms with Gasteiger partial charge >= 0.3 is 0 Å². The van der Waals surface area contributed by atoms with Crippen molar-refractivity contribution in [3.8, 4) is 0 Å². The number of rotatable bonds is 3. The Morgan fingerprint density at radius 2 is 2.31 bits per heavy atom. The monoisotopic (exact) mass is 220 g/mol. The van der Waals surface area contributed by atoms with Gasteiger partial charge in [0, 0.05) is 12.3 Å². The van der Waals surface area contributed by atoms with Crippen LogP contribution in [-0.2, 0) is 11.2 Å². The molecule has 0 aromatic carbocycles. The van der Waals surface area contributed by atoms with E-state index in [9.17, 15) is 4.79 Å². The van der Waals surface area contributed by atoms with Gasteiger partial charge in [-0.3, -0.25) is 4.79 Å². The fraction of sp³-hybridized carbons (Fsp3) is 0.643. The minimum Gasteiger partial charge on any atom is -0.472 e. The zero-order valence-electron chi connectivity index (χ0n) is 10.1. The molecule has 1 saturated carbocycles. The Morgan fingerprint density at radius 1 is 1.50 bits per heavy atom. The Morgan fingerprint density at radius 3 is 2.94 bits per heavy atom. The molecule has 16 heavy (non-hydrogen) atoms. The molecule has 0 spiro atoms. The Bertz CT molecular complexity index is 338. The summed E-state index contributed by atoms with van der Waals surface area (Å²) in [5, 5.41) is 0. The number of ketones is 1. The smallest absolute Gasteiger partial charge is 0.136 e. The molecule has 0 radical (unpaired) electrons. The maximum Gasteiger partial charge on any atom is 0.136 e. The zero-order chi connectivity index (χ0) is 11.5. The Hall–Kier alpha value is -1.05. The van der Waals surface area contributed by atoms with E-state index in [4.69, 9.17) is 4.42 Å². The van der Waals surface area contributed by atoms with Crippen LogP contribution in [0.4, 0.5) is 0 Å². The van der Waals surface area contributed by atoms with Crippen LogP contribution >= 0.6 is 0 Å². The summed E-state index contributed by atoms with van der Waals surface area (Å²) in [5.74, 6) is 2.08. The van der Waals surface area contributed by atoms with Gasteiger partial charge in [-0.15, -0.1) is 0 Å². The van der Waals surface area contributed by atoms with Gasteiger partial charge < -0.3 is 4.42 Å². The second-order valence-electron chi connectivity index (χ2n) is 5.28. The summed E-state index contributed by atoms with van der Waals surface area (Å²) in [6.45, 7) is 4.52. The van der Waals surface area contributed by atoms with Crippen molar-refractivity contribution >= 4 is 5.78 Å². The van der Waals surface area contributed by atoms with E-state index in [1.165, 1.54) is 0 Å². The molecule has 2 atom stereocenters. The second-order valence-corrected chi connectivity index (χ2v) is 5.28. The van der Waals surface area contributed by atoms with Crippen molar-refractivity contribution in [2.45, 2.75) is 39.5 Å². The average Bonchev–Trinajstić information content (AvgIpc) is 2.73. The molecule has 0 N–H and O–H groups in total. The molecule has 2 nitrogen and oxygen atoms in total. The van der Waals surface area contributed by atoms with E-state index in [0.29, 0.717) is 11.7 Å². The van der Waals surface area contributed by atoms with Crippen LogP contribution in [0.15, 0.2) is 23.0 Å². The molecular formula is C14H20O2. The highest BCUT2D eigenvalue weighted by atomic mass is 16.3. The Balaban J connectivity index is 1.99. The number of carbonyl (C=O) groups is 1. The fourth-order valence-corrected chi connectivity index (χ4v) is 2.64. The van der Waals surface area contributed by atoms with Crippen molar-refractivity contribution in [3.05, 3.63) is 24.2 Å². The summed E-state index contributed by atoms with van der Waals surface area (Å²) in [6, 6.07) is 1.96. The highest BCUT2D eigenvalue weighted by molar-refractivity contribution is 5.82. The van der Waals surface area contributed by atoms with Gasteiger partial charge in [0.2, 0.25) is 0 Å². The molecule has 2 heteroatoms. The van der Waals surface area contributed by atoms with E-state index in [1.807, 2.05) is 6.07 Å². The third kappa shape index (κ3) is 2.55. The minimum absolute atomic E-state index is 0.221. The molecule has 1 heterocycles. The van der Waals surface area contributed by atoms with Crippen LogP contribution in [0.3, 0.4) is 0 Å². The van der Waals surface area contributed by atoms with Gasteiger partial charge in [0.1, 0.15) is 5.78 Å². The first-order chi connectivity index (χ1) is 7.66. The predicted molar refractivity (Wildman–Crippen MR) is 63.1 cm³/mol. The van der Waals surface area contributed by atoms with Gasteiger partial charge in [0.05, 0.1) is 12.5 Å². The lowest BCUT2D eigenvalue weighted by Crippen LogP contribution is -2.28. The summed E-state index contributed by atoms with van der Waals surface area (Å²) in [4.78, 5) is 11.9. The number of Topliss-reactive ketones (excluding diaryl/α,β-unsaturated/α-hetero) is 1. The minimum atomic E-state index is 0.221.